The maximum absolute atomic E-state index is 14.0. The molecule has 0 saturated carbocycles. The van der Waals surface area contributed by atoms with Crippen LogP contribution in [0.3, 0.4) is 0 Å². The van der Waals surface area contributed by atoms with Gasteiger partial charge in [-0.25, -0.2) is 0 Å². The molecule has 9 rings (SSSR count). The standard InChI is InChI=1S/C49H51N5O8S/c1-58-43-22-37-39(51-26-34-20-32-9-3-5-11-41(32)53(34)48(37)56)24-45(43)61-28-30-17-31(19-36(18-30)60-15-8-7-13-47(55)50-14-16-63)29-62-46-25-40-38(23-44(46)59-2)49(57)54-35(27-52-40)21-33-10-4-6-12-42(33)54/h3-6,9-12,17-19,22,24-25,27,34-35,38,51,63H,7-8,13-16,20-21,23,26,28-29H2,1-2H3,(H,50,55)/t34-,35-,38?/m0/s1. The van der Waals surface area contributed by atoms with Crippen LogP contribution in [0, 0.1) is 5.92 Å². The van der Waals surface area contributed by atoms with Crippen LogP contribution in [0.5, 0.6) is 17.2 Å². The maximum atomic E-state index is 14.0. The van der Waals surface area contributed by atoms with Crippen LogP contribution in [0.4, 0.5) is 17.1 Å². The van der Waals surface area contributed by atoms with Gasteiger partial charge in [-0.2, -0.15) is 12.6 Å². The van der Waals surface area contributed by atoms with Gasteiger partial charge in [-0.3, -0.25) is 19.4 Å². The molecule has 0 aromatic heterocycles. The first-order chi connectivity index (χ1) is 30.8. The molecule has 4 aromatic carbocycles. The molecule has 3 amide bonds. The predicted octanol–water partition coefficient (Wildman–Crippen LogP) is 7.19. The monoisotopic (exact) mass is 869 g/mol. The molecule has 1 aliphatic carbocycles. The lowest BCUT2D eigenvalue weighted by molar-refractivity contribution is -0.122. The Morgan fingerprint density at radius 1 is 0.841 bits per heavy atom. The zero-order valence-electron chi connectivity index (χ0n) is 35.4. The molecule has 4 heterocycles. The highest BCUT2D eigenvalue weighted by atomic mass is 32.1. The molecule has 14 heteroatoms. The number of hydrogen-bond donors (Lipinski definition) is 3. The molecule has 4 aliphatic heterocycles. The van der Waals surface area contributed by atoms with Crippen LogP contribution in [0.25, 0.3) is 0 Å². The molecule has 0 bridgehead atoms. The lowest BCUT2D eigenvalue weighted by Crippen LogP contribution is -2.41. The van der Waals surface area contributed by atoms with Crippen LogP contribution >= 0.6 is 12.6 Å². The van der Waals surface area contributed by atoms with Crippen molar-refractivity contribution in [2.24, 2.45) is 10.9 Å². The van der Waals surface area contributed by atoms with Gasteiger partial charge in [0.25, 0.3) is 5.91 Å². The number of para-hydroxylation sites is 2. The van der Waals surface area contributed by atoms with Crippen LogP contribution in [-0.2, 0) is 45.1 Å². The Morgan fingerprint density at radius 2 is 1.59 bits per heavy atom. The maximum Gasteiger partial charge on any atom is 0.260 e. The van der Waals surface area contributed by atoms with Gasteiger partial charge >= 0.3 is 0 Å². The van der Waals surface area contributed by atoms with Crippen molar-refractivity contribution in [3.63, 3.8) is 0 Å². The molecule has 2 N–H and O–H groups in total. The van der Waals surface area contributed by atoms with E-state index in [0.717, 1.165) is 46.5 Å². The number of allylic oxidation sites excluding steroid dienone is 2. The zero-order chi connectivity index (χ0) is 43.5. The number of aliphatic imine (C=N–C) groups is 1. The van der Waals surface area contributed by atoms with Crippen molar-refractivity contribution in [1.82, 2.24) is 5.32 Å². The SMILES string of the molecule is COC1=C(OCc2cc(COc3cc4c(cc3OC)C(=O)N3c5ccccc5C[C@H]3CN4)cc(OCCCCC(=O)NCCS)c2)C=C2N=C[C@@H]3Cc4ccccc4N3C(=O)C2C1. The quantitative estimate of drug-likeness (QED) is 0.0789. The normalized spacial score (nSPS) is 19.3. The van der Waals surface area contributed by atoms with E-state index in [4.69, 9.17) is 28.7 Å². The Morgan fingerprint density at radius 3 is 2.35 bits per heavy atom. The summed E-state index contributed by atoms with van der Waals surface area (Å²) in [6.45, 7) is 1.87. The van der Waals surface area contributed by atoms with Gasteiger partial charge in [-0.05, 0) is 77.9 Å². The number of amides is 3. The number of methoxy groups -OCH3 is 2. The van der Waals surface area contributed by atoms with Gasteiger partial charge in [-0.15, -0.1) is 0 Å². The zero-order valence-corrected chi connectivity index (χ0v) is 36.3. The van der Waals surface area contributed by atoms with Gasteiger partial charge < -0.3 is 44.1 Å². The minimum Gasteiger partial charge on any atom is -0.497 e. The average molecular weight is 870 g/mol. The molecule has 0 radical (unpaired) electrons. The molecule has 326 valence electrons. The molecule has 63 heavy (non-hydrogen) atoms. The molecule has 0 fully saturated rings. The van der Waals surface area contributed by atoms with Gasteiger partial charge in [0.2, 0.25) is 11.8 Å². The Kier molecular flexibility index (Phi) is 12.3. The second-order valence-electron chi connectivity index (χ2n) is 16.2. The summed E-state index contributed by atoms with van der Waals surface area (Å²) in [5, 5.41) is 6.35. The summed E-state index contributed by atoms with van der Waals surface area (Å²) < 4.78 is 30.8. The molecule has 13 nitrogen and oxygen atoms in total. The summed E-state index contributed by atoms with van der Waals surface area (Å²) in [4.78, 5) is 48.8. The number of carbonyl (C=O) groups excluding carboxylic acids is 3. The van der Waals surface area contributed by atoms with Gasteiger partial charge in [0.05, 0.1) is 55.8 Å². The van der Waals surface area contributed by atoms with E-state index in [2.05, 4.69) is 35.4 Å². The minimum atomic E-state index is -0.499. The van der Waals surface area contributed by atoms with Crippen molar-refractivity contribution in [2.45, 2.75) is 63.8 Å². The molecular formula is C49H51N5O8S. The third-order valence-corrected chi connectivity index (χ3v) is 12.4. The van der Waals surface area contributed by atoms with Gasteiger partial charge in [0, 0.05) is 67.8 Å². The Balaban J connectivity index is 0.925. The summed E-state index contributed by atoms with van der Waals surface area (Å²) in [5.41, 5.74) is 7.66. The smallest absolute Gasteiger partial charge is 0.260 e. The number of nitrogens with one attached hydrogen (secondary N) is 2. The van der Waals surface area contributed by atoms with E-state index in [1.165, 1.54) is 0 Å². The first-order valence-electron chi connectivity index (χ1n) is 21.5. The topological polar surface area (TPSA) is 140 Å². The fourth-order valence-electron chi connectivity index (χ4n) is 9.08. The number of benzene rings is 4. The number of fused-ring (bicyclic) bond motifs is 8. The summed E-state index contributed by atoms with van der Waals surface area (Å²) in [5.74, 6) is 2.64. The second kappa shape index (κ2) is 18.5. The third-order valence-electron chi connectivity index (χ3n) is 12.2. The summed E-state index contributed by atoms with van der Waals surface area (Å²) in [6.07, 6.45) is 7.29. The van der Waals surface area contributed by atoms with Crippen molar-refractivity contribution < 1.29 is 38.1 Å². The van der Waals surface area contributed by atoms with Gasteiger partial charge in [0.1, 0.15) is 24.7 Å². The largest absolute Gasteiger partial charge is 0.497 e. The average Bonchev–Trinajstić information content (AvgIpc) is 3.80. The fourth-order valence-corrected chi connectivity index (χ4v) is 9.19. The number of unbranched alkanes of at least 4 members (excludes halogenated alkanes) is 1. The summed E-state index contributed by atoms with van der Waals surface area (Å²) in [6, 6.07) is 25.3. The van der Waals surface area contributed by atoms with Crippen LogP contribution < -0.4 is 34.6 Å². The predicted molar refractivity (Wildman–Crippen MR) is 244 cm³/mol. The number of rotatable bonds is 16. The van der Waals surface area contributed by atoms with E-state index >= 15 is 0 Å². The summed E-state index contributed by atoms with van der Waals surface area (Å²) in [7, 11) is 3.16. The van der Waals surface area contributed by atoms with Crippen molar-refractivity contribution >= 4 is 53.6 Å². The molecule has 0 saturated heterocycles. The van der Waals surface area contributed by atoms with Crippen molar-refractivity contribution in [2.75, 3.05) is 54.8 Å². The molecule has 1 unspecified atom stereocenters. The van der Waals surface area contributed by atoms with E-state index in [0.29, 0.717) is 96.8 Å². The Bertz CT molecular complexity index is 2520. The van der Waals surface area contributed by atoms with Crippen LogP contribution in [-0.4, -0.2) is 75.7 Å². The van der Waals surface area contributed by atoms with Crippen molar-refractivity contribution in [3.05, 3.63) is 130 Å². The molecule has 0 spiro atoms. The Hall–Kier alpha value is -6.41. The van der Waals surface area contributed by atoms with E-state index in [1.54, 1.807) is 20.3 Å². The number of thiol groups is 1. The van der Waals surface area contributed by atoms with Crippen molar-refractivity contribution in [3.8, 4) is 17.2 Å². The van der Waals surface area contributed by atoms with Crippen LogP contribution in [0.1, 0.15) is 58.3 Å². The van der Waals surface area contributed by atoms with E-state index in [-0.39, 0.29) is 43.0 Å². The molecular weight excluding hydrogens is 819 g/mol. The number of ether oxygens (including phenoxy) is 5. The van der Waals surface area contributed by atoms with Crippen LogP contribution in [0.2, 0.25) is 0 Å². The second-order valence-corrected chi connectivity index (χ2v) is 16.7. The van der Waals surface area contributed by atoms with Gasteiger partial charge in [-0.1, -0.05) is 36.4 Å². The Labute approximate surface area is 372 Å². The van der Waals surface area contributed by atoms with E-state index in [1.807, 2.05) is 82.8 Å². The number of hydrogen-bond acceptors (Lipinski definition) is 11. The highest BCUT2D eigenvalue weighted by molar-refractivity contribution is 7.80. The summed E-state index contributed by atoms with van der Waals surface area (Å²) >= 11 is 4.16. The fraction of sp³-hybridized carbons (Fsp3) is 0.347. The first kappa shape index (κ1) is 41.9. The first-order valence-corrected chi connectivity index (χ1v) is 22.1. The van der Waals surface area contributed by atoms with Crippen molar-refractivity contribution in [1.29, 1.82) is 0 Å². The highest BCUT2D eigenvalue weighted by Crippen LogP contribution is 2.42. The van der Waals surface area contributed by atoms with Crippen LogP contribution in [0.15, 0.2) is 107 Å². The number of carbonyl (C=O) groups is 3. The third kappa shape index (κ3) is 8.68. The molecule has 5 aliphatic rings. The van der Waals surface area contributed by atoms with E-state index in [9.17, 15) is 14.4 Å². The highest BCUT2D eigenvalue weighted by Gasteiger charge is 2.42. The van der Waals surface area contributed by atoms with E-state index < -0.39 is 5.92 Å². The molecule has 4 aromatic rings. The number of nitrogens with zero attached hydrogens (tertiary/aromatic N) is 3. The minimum absolute atomic E-state index is 0.000501. The number of anilines is 3. The lowest BCUT2D eigenvalue weighted by atomic mass is 9.93. The van der Waals surface area contributed by atoms with Gasteiger partial charge in [0.15, 0.2) is 17.3 Å². The lowest BCUT2D eigenvalue weighted by Gasteiger charge is -2.28. The molecule has 3 atom stereocenters.